The predicted octanol–water partition coefficient (Wildman–Crippen LogP) is 3.87. The molecule has 0 saturated carbocycles. The molecule has 1 heterocycles. The van der Waals surface area contributed by atoms with Gasteiger partial charge in [-0.15, -0.1) is 0 Å². The van der Waals surface area contributed by atoms with Crippen molar-refractivity contribution < 1.29 is 4.79 Å². The molecular weight excluding hydrogens is 258 g/mol. The maximum atomic E-state index is 12.3. The standard InChI is InChI=1S/C19H29NO/c1-4-16-7-5-8-17(11-16)12-19(21)13-18-9-6-10-20(14-18)15(2)3/h5,7-8,11,15,18H,4,6,9-10,12-14H2,1-3H3/t18-/m0/s1. The van der Waals surface area contributed by atoms with Gasteiger partial charge in [0.15, 0.2) is 0 Å². The van der Waals surface area contributed by atoms with Crippen molar-refractivity contribution in [2.75, 3.05) is 13.1 Å². The molecule has 21 heavy (non-hydrogen) atoms. The number of hydrogen-bond donors (Lipinski definition) is 0. The fourth-order valence-corrected chi connectivity index (χ4v) is 3.31. The van der Waals surface area contributed by atoms with Gasteiger partial charge in [-0.3, -0.25) is 4.79 Å². The average molecular weight is 287 g/mol. The van der Waals surface area contributed by atoms with Crippen LogP contribution in [0, 0.1) is 5.92 Å². The third-order valence-corrected chi connectivity index (χ3v) is 4.60. The second-order valence-corrected chi connectivity index (χ2v) is 6.69. The molecule has 0 N–H and O–H groups in total. The van der Waals surface area contributed by atoms with E-state index in [1.54, 1.807) is 0 Å². The zero-order valence-electron chi connectivity index (χ0n) is 13.8. The molecule has 0 radical (unpaired) electrons. The van der Waals surface area contributed by atoms with E-state index in [4.69, 9.17) is 0 Å². The lowest BCUT2D eigenvalue weighted by atomic mass is 9.90. The Morgan fingerprint density at radius 3 is 2.81 bits per heavy atom. The fraction of sp³-hybridized carbons (Fsp3) is 0.632. The van der Waals surface area contributed by atoms with Crippen LogP contribution in [0.15, 0.2) is 24.3 Å². The van der Waals surface area contributed by atoms with Crippen LogP contribution in [0.25, 0.3) is 0 Å². The monoisotopic (exact) mass is 287 g/mol. The summed E-state index contributed by atoms with van der Waals surface area (Å²) in [7, 11) is 0. The number of nitrogens with zero attached hydrogens (tertiary/aromatic N) is 1. The summed E-state index contributed by atoms with van der Waals surface area (Å²) in [6.07, 6.45) is 4.84. The van der Waals surface area contributed by atoms with Gasteiger partial charge in [0.05, 0.1) is 0 Å². The van der Waals surface area contributed by atoms with Gasteiger partial charge < -0.3 is 4.90 Å². The summed E-state index contributed by atoms with van der Waals surface area (Å²) in [6, 6.07) is 9.07. The molecule has 2 heteroatoms. The number of rotatable bonds is 6. The summed E-state index contributed by atoms with van der Waals surface area (Å²) in [5, 5.41) is 0. The van der Waals surface area contributed by atoms with Crippen molar-refractivity contribution in [3.63, 3.8) is 0 Å². The number of carbonyl (C=O) groups is 1. The highest BCUT2D eigenvalue weighted by molar-refractivity contribution is 5.81. The summed E-state index contributed by atoms with van der Waals surface area (Å²) in [4.78, 5) is 14.9. The molecule has 1 aliphatic heterocycles. The molecule has 1 aromatic rings. The fourth-order valence-electron chi connectivity index (χ4n) is 3.31. The van der Waals surface area contributed by atoms with Crippen molar-refractivity contribution >= 4 is 5.78 Å². The van der Waals surface area contributed by atoms with E-state index in [0.29, 0.717) is 24.2 Å². The van der Waals surface area contributed by atoms with E-state index in [1.807, 2.05) is 0 Å². The number of piperidine rings is 1. The van der Waals surface area contributed by atoms with Crippen LogP contribution >= 0.6 is 0 Å². The Morgan fingerprint density at radius 1 is 1.33 bits per heavy atom. The molecule has 0 unspecified atom stereocenters. The van der Waals surface area contributed by atoms with Crippen LogP contribution in [0.1, 0.15) is 51.2 Å². The van der Waals surface area contributed by atoms with Crippen LogP contribution in [0.2, 0.25) is 0 Å². The number of carbonyl (C=O) groups excluding carboxylic acids is 1. The first-order valence-electron chi connectivity index (χ1n) is 8.42. The van der Waals surface area contributed by atoms with Crippen molar-refractivity contribution in [2.24, 2.45) is 5.92 Å². The SMILES string of the molecule is CCc1cccc(CC(=O)C[C@@H]2CCCN(C(C)C)C2)c1. The van der Waals surface area contributed by atoms with Crippen molar-refractivity contribution in [3.8, 4) is 0 Å². The first-order valence-corrected chi connectivity index (χ1v) is 8.42. The van der Waals surface area contributed by atoms with Crippen LogP contribution < -0.4 is 0 Å². The van der Waals surface area contributed by atoms with Gasteiger partial charge in [-0.2, -0.15) is 0 Å². The largest absolute Gasteiger partial charge is 0.301 e. The Hall–Kier alpha value is -1.15. The Labute approximate surface area is 129 Å². The second-order valence-electron chi connectivity index (χ2n) is 6.69. The van der Waals surface area contributed by atoms with E-state index < -0.39 is 0 Å². The number of Topliss-reactive ketones (excluding diaryl/α,β-unsaturated/α-hetero) is 1. The number of hydrogen-bond acceptors (Lipinski definition) is 2. The Balaban J connectivity index is 1.86. The van der Waals surface area contributed by atoms with E-state index in [2.05, 4.69) is 49.9 Å². The second kappa shape index (κ2) is 7.74. The van der Waals surface area contributed by atoms with Crippen LogP contribution in [-0.2, 0) is 17.6 Å². The first-order chi connectivity index (χ1) is 10.1. The molecule has 0 amide bonds. The van der Waals surface area contributed by atoms with Gasteiger partial charge in [-0.05, 0) is 56.7 Å². The van der Waals surface area contributed by atoms with Gasteiger partial charge in [0, 0.05) is 25.4 Å². The highest BCUT2D eigenvalue weighted by Crippen LogP contribution is 2.22. The lowest BCUT2D eigenvalue weighted by molar-refractivity contribution is -0.119. The molecule has 1 saturated heterocycles. The summed E-state index contributed by atoms with van der Waals surface area (Å²) in [5.41, 5.74) is 2.50. The maximum absolute atomic E-state index is 12.3. The lowest BCUT2D eigenvalue weighted by Gasteiger charge is -2.35. The molecule has 1 fully saturated rings. The number of benzene rings is 1. The maximum Gasteiger partial charge on any atom is 0.137 e. The van der Waals surface area contributed by atoms with Gasteiger partial charge in [0.2, 0.25) is 0 Å². The van der Waals surface area contributed by atoms with Gasteiger partial charge >= 0.3 is 0 Å². The third-order valence-electron chi connectivity index (χ3n) is 4.60. The molecule has 2 rings (SSSR count). The molecular formula is C19H29NO. The summed E-state index contributed by atoms with van der Waals surface area (Å²) >= 11 is 0. The number of aryl methyl sites for hydroxylation is 1. The van der Waals surface area contributed by atoms with Gasteiger partial charge in [0.1, 0.15) is 5.78 Å². The molecule has 0 aromatic heterocycles. The Kier molecular flexibility index (Phi) is 5.98. The zero-order valence-corrected chi connectivity index (χ0v) is 13.8. The lowest BCUT2D eigenvalue weighted by Crippen LogP contribution is -2.40. The van der Waals surface area contributed by atoms with Crippen molar-refractivity contribution in [3.05, 3.63) is 35.4 Å². The van der Waals surface area contributed by atoms with E-state index in [0.717, 1.165) is 19.4 Å². The van der Waals surface area contributed by atoms with Crippen molar-refractivity contribution in [1.29, 1.82) is 0 Å². The van der Waals surface area contributed by atoms with Crippen LogP contribution in [-0.4, -0.2) is 29.8 Å². The van der Waals surface area contributed by atoms with Crippen LogP contribution in [0.4, 0.5) is 0 Å². The quantitative estimate of drug-likeness (QED) is 0.791. The molecule has 0 spiro atoms. The molecule has 0 aliphatic carbocycles. The van der Waals surface area contributed by atoms with Crippen LogP contribution in [0.3, 0.4) is 0 Å². The van der Waals surface area contributed by atoms with E-state index in [-0.39, 0.29) is 0 Å². The summed E-state index contributed by atoms with van der Waals surface area (Å²) in [5.74, 6) is 0.960. The normalized spacial score (nSPS) is 19.9. The van der Waals surface area contributed by atoms with E-state index in [9.17, 15) is 4.79 Å². The number of ketones is 1. The molecule has 1 atom stereocenters. The molecule has 1 aliphatic rings. The topological polar surface area (TPSA) is 20.3 Å². The Morgan fingerprint density at radius 2 is 2.10 bits per heavy atom. The van der Waals surface area contributed by atoms with Gasteiger partial charge in [0.25, 0.3) is 0 Å². The van der Waals surface area contributed by atoms with E-state index in [1.165, 1.54) is 30.5 Å². The highest BCUT2D eigenvalue weighted by atomic mass is 16.1. The molecule has 0 bridgehead atoms. The third kappa shape index (κ3) is 4.96. The minimum absolute atomic E-state index is 0.402. The van der Waals surface area contributed by atoms with Gasteiger partial charge in [-0.1, -0.05) is 31.2 Å². The minimum Gasteiger partial charge on any atom is -0.301 e. The predicted molar refractivity (Wildman–Crippen MR) is 88.6 cm³/mol. The minimum atomic E-state index is 0.402. The summed E-state index contributed by atoms with van der Waals surface area (Å²) in [6.45, 7) is 8.95. The van der Waals surface area contributed by atoms with Crippen LogP contribution in [0.5, 0.6) is 0 Å². The molecule has 1 aromatic carbocycles. The Bertz CT molecular complexity index is 466. The van der Waals surface area contributed by atoms with Crippen molar-refractivity contribution in [1.82, 2.24) is 4.90 Å². The zero-order chi connectivity index (χ0) is 15.2. The van der Waals surface area contributed by atoms with E-state index >= 15 is 0 Å². The molecule has 116 valence electrons. The van der Waals surface area contributed by atoms with Crippen molar-refractivity contribution in [2.45, 2.75) is 58.9 Å². The smallest absolute Gasteiger partial charge is 0.137 e. The first kappa shape index (κ1) is 16.2. The average Bonchev–Trinajstić information content (AvgIpc) is 2.47. The highest BCUT2D eigenvalue weighted by Gasteiger charge is 2.23. The summed E-state index contributed by atoms with van der Waals surface area (Å²) < 4.78 is 0. The number of likely N-dealkylation sites (tertiary alicyclic amines) is 1. The van der Waals surface area contributed by atoms with Gasteiger partial charge in [-0.25, -0.2) is 0 Å². The molecule has 2 nitrogen and oxygen atoms in total.